The number of rotatable bonds is 5. The number of amides is 1. The van der Waals surface area contributed by atoms with E-state index in [2.05, 4.69) is 10.6 Å². The second kappa shape index (κ2) is 7.42. The van der Waals surface area contributed by atoms with Gasteiger partial charge in [0.1, 0.15) is 6.04 Å². The molecule has 0 bridgehead atoms. The molecule has 0 aliphatic heterocycles. The molecule has 120 valence electrons. The Morgan fingerprint density at radius 3 is 2.30 bits per heavy atom. The summed E-state index contributed by atoms with van der Waals surface area (Å²) in [5.74, 6) is 0.00644. The number of carbonyl (C=O) groups excluding carboxylic acids is 1. The fourth-order valence-corrected chi connectivity index (χ4v) is 3.15. The van der Waals surface area contributed by atoms with E-state index >= 15 is 0 Å². The summed E-state index contributed by atoms with van der Waals surface area (Å²) in [4.78, 5) is 12.8. The minimum Gasteiger partial charge on any atom is -0.324 e. The molecule has 2 aromatic rings. The van der Waals surface area contributed by atoms with E-state index in [1.165, 1.54) is 18.4 Å². The van der Waals surface area contributed by atoms with Crippen LogP contribution in [0.15, 0.2) is 54.6 Å². The molecule has 1 fully saturated rings. The van der Waals surface area contributed by atoms with Gasteiger partial charge >= 0.3 is 0 Å². The number of nitrogens with one attached hydrogen (secondary N) is 2. The molecular weight excluding hydrogens is 284 g/mol. The van der Waals surface area contributed by atoms with Gasteiger partial charge in [-0.2, -0.15) is 0 Å². The van der Waals surface area contributed by atoms with Crippen LogP contribution in [-0.4, -0.2) is 11.9 Å². The van der Waals surface area contributed by atoms with Crippen LogP contribution in [0.4, 0.5) is 5.69 Å². The zero-order chi connectivity index (χ0) is 16.1. The van der Waals surface area contributed by atoms with Crippen molar-refractivity contribution in [2.24, 2.45) is 0 Å². The summed E-state index contributed by atoms with van der Waals surface area (Å²) < 4.78 is 0. The largest absolute Gasteiger partial charge is 0.324 e. The van der Waals surface area contributed by atoms with Gasteiger partial charge in [-0.3, -0.25) is 10.1 Å². The second-order valence-electron chi connectivity index (χ2n) is 6.35. The number of benzene rings is 2. The minimum atomic E-state index is -0.305. The molecular formula is C20H24N2O. The van der Waals surface area contributed by atoms with Gasteiger partial charge in [0.25, 0.3) is 0 Å². The molecule has 1 saturated carbocycles. The number of anilines is 1. The average Bonchev–Trinajstić information content (AvgIpc) is 3.09. The topological polar surface area (TPSA) is 41.1 Å². The summed E-state index contributed by atoms with van der Waals surface area (Å²) in [6.07, 6.45) is 4.81. The molecule has 0 heterocycles. The summed E-state index contributed by atoms with van der Waals surface area (Å²) in [6.45, 7) is 2.04. The molecule has 0 unspecified atom stereocenters. The normalized spacial score (nSPS) is 16.2. The van der Waals surface area contributed by atoms with Crippen molar-refractivity contribution in [2.75, 3.05) is 5.32 Å². The molecule has 1 aliphatic carbocycles. The number of hydrogen-bond acceptors (Lipinski definition) is 2. The molecule has 2 N–H and O–H groups in total. The SMILES string of the molecule is Cc1ccc(NC(=O)[C@@H](NC2CCCC2)c2ccccc2)cc1. The molecule has 3 heteroatoms. The third kappa shape index (κ3) is 4.20. The van der Waals surface area contributed by atoms with Crippen LogP contribution in [-0.2, 0) is 4.79 Å². The van der Waals surface area contributed by atoms with Crippen molar-refractivity contribution in [2.45, 2.75) is 44.7 Å². The minimum absolute atomic E-state index is 0.00644. The first-order chi connectivity index (χ1) is 11.2. The smallest absolute Gasteiger partial charge is 0.246 e. The summed E-state index contributed by atoms with van der Waals surface area (Å²) in [7, 11) is 0. The highest BCUT2D eigenvalue weighted by Gasteiger charge is 2.25. The van der Waals surface area contributed by atoms with Gasteiger partial charge in [-0.25, -0.2) is 0 Å². The Morgan fingerprint density at radius 2 is 1.65 bits per heavy atom. The van der Waals surface area contributed by atoms with Crippen LogP contribution in [0.5, 0.6) is 0 Å². The Bertz CT molecular complexity index is 630. The van der Waals surface area contributed by atoms with Gasteiger partial charge in [0, 0.05) is 11.7 Å². The highest BCUT2D eigenvalue weighted by molar-refractivity contribution is 5.95. The maximum Gasteiger partial charge on any atom is 0.246 e. The molecule has 1 atom stereocenters. The third-order valence-electron chi connectivity index (χ3n) is 4.47. The van der Waals surface area contributed by atoms with Crippen LogP contribution in [0.1, 0.15) is 42.9 Å². The average molecular weight is 308 g/mol. The highest BCUT2D eigenvalue weighted by atomic mass is 16.2. The van der Waals surface area contributed by atoms with Crippen LogP contribution in [0.25, 0.3) is 0 Å². The van der Waals surface area contributed by atoms with E-state index in [1.54, 1.807) is 0 Å². The molecule has 0 spiro atoms. The summed E-state index contributed by atoms with van der Waals surface area (Å²) in [5.41, 5.74) is 3.05. The number of aryl methyl sites for hydroxylation is 1. The van der Waals surface area contributed by atoms with Crippen molar-refractivity contribution in [1.82, 2.24) is 5.32 Å². The van der Waals surface area contributed by atoms with Crippen LogP contribution < -0.4 is 10.6 Å². The predicted molar refractivity (Wildman–Crippen MR) is 94.4 cm³/mol. The second-order valence-corrected chi connectivity index (χ2v) is 6.35. The Kier molecular flexibility index (Phi) is 5.09. The van der Waals surface area contributed by atoms with Crippen molar-refractivity contribution in [3.05, 3.63) is 65.7 Å². The van der Waals surface area contributed by atoms with Gasteiger partial charge < -0.3 is 5.32 Å². The van der Waals surface area contributed by atoms with E-state index < -0.39 is 0 Å². The van der Waals surface area contributed by atoms with E-state index in [1.807, 2.05) is 61.5 Å². The lowest BCUT2D eigenvalue weighted by molar-refractivity contribution is -0.118. The zero-order valence-corrected chi connectivity index (χ0v) is 13.6. The van der Waals surface area contributed by atoms with Gasteiger partial charge in [0.2, 0.25) is 5.91 Å². The van der Waals surface area contributed by atoms with Crippen molar-refractivity contribution in [3.8, 4) is 0 Å². The molecule has 0 saturated heterocycles. The Balaban J connectivity index is 1.76. The van der Waals surface area contributed by atoms with Gasteiger partial charge in [0.05, 0.1) is 0 Å². The van der Waals surface area contributed by atoms with Crippen LogP contribution in [0, 0.1) is 6.92 Å². The first-order valence-corrected chi connectivity index (χ1v) is 8.41. The molecule has 0 aromatic heterocycles. The molecule has 0 radical (unpaired) electrons. The quantitative estimate of drug-likeness (QED) is 0.869. The lowest BCUT2D eigenvalue weighted by atomic mass is 10.0. The predicted octanol–water partition coefficient (Wildman–Crippen LogP) is 4.21. The van der Waals surface area contributed by atoms with Gasteiger partial charge in [-0.05, 0) is 37.5 Å². The van der Waals surface area contributed by atoms with Crippen LogP contribution in [0.3, 0.4) is 0 Å². The Hall–Kier alpha value is -2.13. The van der Waals surface area contributed by atoms with Gasteiger partial charge in [-0.15, -0.1) is 0 Å². The Morgan fingerprint density at radius 1 is 1.00 bits per heavy atom. The van der Waals surface area contributed by atoms with Gasteiger partial charge in [-0.1, -0.05) is 60.9 Å². The maximum absolute atomic E-state index is 12.8. The van der Waals surface area contributed by atoms with E-state index in [9.17, 15) is 4.79 Å². The van der Waals surface area contributed by atoms with Crippen LogP contribution in [0.2, 0.25) is 0 Å². The lowest BCUT2D eigenvalue weighted by Crippen LogP contribution is -2.38. The van der Waals surface area contributed by atoms with E-state index in [-0.39, 0.29) is 11.9 Å². The maximum atomic E-state index is 12.8. The molecule has 2 aromatic carbocycles. The van der Waals surface area contributed by atoms with E-state index in [0.717, 1.165) is 24.1 Å². The van der Waals surface area contributed by atoms with Gasteiger partial charge in [0.15, 0.2) is 0 Å². The molecule has 23 heavy (non-hydrogen) atoms. The fourth-order valence-electron chi connectivity index (χ4n) is 3.15. The molecule has 3 nitrogen and oxygen atoms in total. The van der Waals surface area contributed by atoms with E-state index in [4.69, 9.17) is 0 Å². The fraction of sp³-hybridized carbons (Fsp3) is 0.350. The monoisotopic (exact) mass is 308 g/mol. The highest BCUT2D eigenvalue weighted by Crippen LogP contribution is 2.23. The standard InChI is InChI=1S/C20H24N2O/c1-15-11-13-18(14-12-15)22-20(23)19(16-7-3-2-4-8-16)21-17-9-5-6-10-17/h2-4,7-8,11-14,17,19,21H,5-6,9-10H2,1H3,(H,22,23)/t19-/m0/s1. The Labute approximate surface area is 138 Å². The summed E-state index contributed by atoms with van der Waals surface area (Å²) >= 11 is 0. The molecule has 1 aliphatic rings. The van der Waals surface area contributed by atoms with Crippen molar-refractivity contribution in [1.29, 1.82) is 0 Å². The first kappa shape index (κ1) is 15.8. The zero-order valence-electron chi connectivity index (χ0n) is 13.6. The lowest BCUT2D eigenvalue weighted by Gasteiger charge is -2.23. The first-order valence-electron chi connectivity index (χ1n) is 8.41. The number of carbonyl (C=O) groups is 1. The van der Waals surface area contributed by atoms with E-state index in [0.29, 0.717) is 6.04 Å². The third-order valence-corrected chi connectivity index (χ3v) is 4.47. The van der Waals surface area contributed by atoms with Crippen molar-refractivity contribution in [3.63, 3.8) is 0 Å². The summed E-state index contributed by atoms with van der Waals surface area (Å²) in [6, 6.07) is 18.0. The number of hydrogen-bond donors (Lipinski definition) is 2. The molecule has 1 amide bonds. The van der Waals surface area contributed by atoms with Crippen molar-refractivity contribution >= 4 is 11.6 Å². The van der Waals surface area contributed by atoms with Crippen LogP contribution >= 0.6 is 0 Å². The summed E-state index contributed by atoms with van der Waals surface area (Å²) in [5, 5.41) is 6.59. The molecule has 3 rings (SSSR count). The van der Waals surface area contributed by atoms with Crippen molar-refractivity contribution < 1.29 is 4.79 Å².